The summed E-state index contributed by atoms with van der Waals surface area (Å²) in [7, 11) is 0. The number of amides is 1. The second-order valence-corrected chi connectivity index (χ2v) is 9.26. The SMILES string of the molecule is Cc1ccc(Cn2c(SCc3ccc(C(=O)N4CCCC4)cc3)nc3ccncc32)cc1. The van der Waals surface area contributed by atoms with Gasteiger partial charge in [0.1, 0.15) is 0 Å². The van der Waals surface area contributed by atoms with Crippen molar-refractivity contribution in [1.82, 2.24) is 19.4 Å². The summed E-state index contributed by atoms with van der Waals surface area (Å²) in [5.41, 5.74) is 6.46. The minimum Gasteiger partial charge on any atom is -0.339 e. The fraction of sp³-hybridized carbons (Fsp3) is 0.269. The molecule has 1 amide bonds. The largest absolute Gasteiger partial charge is 0.339 e. The van der Waals surface area contributed by atoms with Crippen molar-refractivity contribution in [3.63, 3.8) is 0 Å². The third-order valence-corrected chi connectivity index (χ3v) is 6.99. The zero-order valence-electron chi connectivity index (χ0n) is 18.2. The quantitative estimate of drug-likeness (QED) is 0.380. The predicted molar refractivity (Wildman–Crippen MR) is 129 cm³/mol. The van der Waals surface area contributed by atoms with Crippen LogP contribution in [0.5, 0.6) is 0 Å². The number of pyridine rings is 1. The van der Waals surface area contributed by atoms with Gasteiger partial charge in [-0.15, -0.1) is 0 Å². The molecule has 2 aromatic carbocycles. The molecule has 1 aliphatic rings. The van der Waals surface area contributed by atoms with Gasteiger partial charge in [-0.3, -0.25) is 9.78 Å². The zero-order valence-corrected chi connectivity index (χ0v) is 19.0. The Morgan fingerprint density at radius 3 is 2.44 bits per heavy atom. The monoisotopic (exact) mass is 442 g/mol. The summed E-state index contributed by atoms with van der Waals surface area (Å²) in [5, 5.41) is 0.978. The minimum absolute atomic E-state index is 0.147. The van der Waals surface area contributed by atoms with E-state index in [-0.39, 0.29) is 5.91 Å². The van der Waals surface area contributed by atoms with E-state index in [9.17, 15) is 4.79 Å². The molecular formula is C26H26N4OS. The van der Waals surface area contributed by atoms with Crippen molar-refractivity contribution < 1.29 is 4.79 Å². The molecule has 0 unspecified atom stereocenters. The number of aromatic nitrogens is 3. The average Bonchev–Trinajstić information content (AvgIpc) is 3.48. The fourth-order valence-corrected chi connectivity index (χ4v) is 5.05. The Labute approximate surface area is 192 Å². The number of aryl methyl sites for hydroxylation is 1. The standard InChI is InChI=1S/C26H26N4OS/c1-19-4-6-20(7-5-19)17-30-24-16-27-13-12-23(24)28-26(30)32-18-21-8-10-22(11-9-21)25(31)29-14-2-3-15-29/h4-13,16H,2-3,14-15,17-18H2,1H3. The molecule has 4 aromatic rings. The van der Waals surface area contributed by atoms with Gasteiger partial charge in [0.2, 0.25) is 0 Å². The highest BCUT2D eigenvalue weighted by molar-refractivity contribution is 7.98. The van der Waals surface area contributed by atoms with Crippen molar-refractivity contribution in [1.29, 1.82) is 0 Å². The number of likely N-dealkylation sites (tertiary alicyclic amines) is 1. The average molecular weight is 443 g/mol. The molecule has 32 heavy (non-hydrogen) atoms. The third-order valence-electron chi connectivity index (χ3n) is 5.94. The van der Waals surface area contributed by atoms with Crippen molar-refractivity contribution in [2.45, 2.75) is 37.2 Å². The lowest BCUT2D eigenvalue weighted by Crippen LogP contribution is -2.27. The molecular weight excluding hydrogens is 416 g/mol. The molecule has 0 bridgehead atoms. The molecule has 0 radical (unpaired) electrons. The number of rotatable bonds is 6. The summed E-state index contributed by atoms with van der Waals surface area (Å²) < 4.78 is 2.24. The van der Waals surface area contributed by atoms with Gasteiger partial charge >= 0.3 is 0 Å². The van der Waals surface area contributed by atoms with Crippen LogP contribution >= 0.6 is 11.8 Å². The number of hydrogen-bond donors (Lipinski definition) is 0. The molecule has 0 spiro atoms. The lowest BCUT2D eigenvalue weighted by molar-refractivity contribution is 0.0793. The maximum absolute atomic E-state index is 12.6. The van der Waals surface area contributed by atoms with Crippen molar-refractivity contribution in [2.24, 2.45) is 0 Å². The van der Waals surface area contributed by atoms with E-state index < -0.39 is 0 Å². The molecule has 1 aliphatic heterocycles. The maximum atomic E-state index is 12.6. The van der Waals surface area contributed by atoms with Crippen LogP contribution < -0.4 is 0 Å². The Bertz CT molecular complexity index is 1230. The first-order chi connectivity index (χ1) is 15.7. The highest BCUT2D eigenvalue weighted by Crippen LogP contribution is 2.28. The first-order valence-electron chi connectivity index (χ1n) is 11.0. The van der Waals surface area contributed by atoms with Gasteiger partial charge in [0.15, 0.2) is 5.16 Å². The first kappa shape index (κ1) is 20.8. The summed E-state index contributed by atoms with van der Waals surface area (Å²) >= 11 is 1.72. The Morgan fingerprint density at radius 1 is 0.969 bits per heavy atom. The van der Waals surface area contributed by atoms with Crippen molar-refractivity contribution in [2.75, 3.05) is 13.1 Å². The van der Waals surface area contributed by atoms with Gasteiger partial charge in [-0.2, -0.15) is 0 Å². The van der Waals surface area contributed by atoms with Gasteiger partial charge in [0.05, 0.1) is 23.8 Å². The van der Waals surface area contributed by atoms with Crippen molar-refractivity contribution in [3.8, 4) is 0 Å². The summed E-state index contributed by atoms with van der Waals surface area (Å²) in [4.78, 5) is 23.7. The van der Waals surface area contributed by atoms with Gasteiger partial charge < -0.3 is 9.47 Å². The van der Waals surface area contributed by atoms with Crippen LogP contribution in [0.25, 0.3) is 11.0 Å². The molecule has 0 N–H and O–H groups in total. The van der Waals surface area contributed by atoms with Crippen LogP contribution in [0.4, 0.5) is 0 Å². The van der Waals surface area contributed by atoms with E-state index in [1.165, 1.54) is 16.7 Å². The maximum Gasteiger partial charge on any atom is 0.253 e. The van der Waals surface area contributed by atoms with Crippen LogP contribution in [0.2, 0.25) is 0 Å². The van der Waals surface area contributed by atoms with Crippen LogP contribution in [0.3, 0.4) is 0 Å². The Balaban J connectivity index is 1.33. The number of nitrogens with zero attached hydrogens (tertiary/aromatic N) is 4. The van der Waals surface area contributed by atoms with E-state index in [4.69, 9.17) is 4.98 Å². The number of hydrogen-bond acceptors (Lipinski definition) is 4. The molecule has 1 saturated heterocycles. The number of imidazole rings is 1. The van der Waals surface area contributed by atoms with Crippen LogP contribution in [-0.4, -0.2) is 38.4 Å². The molecule has 2 aromatic heterocycles. The summed E-state index contributed by atoms with van der Waals surface area (Å²) in [6, 6.07) is 18.6. The molecule has 0 saturated carbocycles. The van der Waals surface area contributed by atoms with E-state index in [1.54, 1.807) is 18.0 Å². The second kappa shape index (κ2) is 9.17. The predicted octanol–water partition coefficient (Wildman–Crippen LogP) is 5.32. The summed E-state index contributed by atoms with van der Waals surface area (Å²) in [5.74, 6) is 0.942. The second-order valence-electron chi connectivity index (χ2n) is 8.32. The van der Waals surface area contributed by atoms with Gasteiger partial charge in [-0.25, -0.2) is 4.98 Å². The van der Waals surface area contributed by atoms with Gasteiger partial charge in [-0.1, -0.05) is 53.7 Å². The van der Waals surface area contributed by atoms with E-state index in [0.29, 0.717) is 0 Å². The van der Waals surface area contributed by atoms with Crippen LogP contribution in [0.1, 0.15) is 39.9 Å². The molecule has 3 heterocycles. The normalized spacial score (nSPS) is 13.7. The van der Waals surface area contributed by atoms with Crippen molar-refractivity contribution >= 4 is 28.7 Å². The van der Waals surface area contributed by atoms with E-state index in [1.807, 2.05) is 29.3 Å². The summed E-state index contributed by atoms with van der Waals surface area (Å²) in [6.07, 6.45) is 5.90. The number of thioether (sulfide) groups is 1. The van der Waals surface area contributed by atoms with E-state index >= 15 is 0 Å². The Kier molecular flexibility index (Phi) is 5.95. The molecule has 0 aliphatic carbocycles. The van der Waals surface area contributed by atoms with Crippen LogP contribution in [0.15, 0.2) is 72.1 Å². The van der Waals surface area contributed by atoms with Crippen LogP contribution in [-0.2, 0) is 12.3 Å². The molecule has 5 nitrogen and oxygen atoms in total. The van der Waals surface area contributed by atoms with Crippen LogP contribution in [0, 0.1) is 6.92 Å². The van der Waals surface area contributed by atoms with Crippen molar-refractivity contribution in [3.05, 3.63) is 89.2 Å². The number of carbonyl (C=O) groups excluding carboxylic acids is 1. The molecule has 162 valence electrons. The van der Waals surface area contributed by atoms with Gasteiger partial charge in [0.25, 0.3) is 5.91 Å². The van der Waals surface area contributed by atoms with E-state index in [2.05, 4.69) is 52.9 Å². The van der Waals surface area contributed by atoms with Gasteiger partial charge in [-0.05, 0) is 49.1 Å². The Morgan fingerprint density at radius 2 is 1.69 bits per heavy atom. The number of benzene rings is 2. The molecule has 1 fully saturated rings. The van der Waals surface area contributed by atoms with Gasteiger partial charge in [0, 0.05) is 30.6 Å². The lowest BCUT2D eigenvalue weighted by atomic mass is 10.1. The summed E-state index contributed by atoms with van der Waals surface area (Å²) in [6.45, 7) is 4.62. The highest BCUT2D eigenvalue weighted by atomic mass is 32.2. The minimum atomic E-state index is 0.147. The highest BCUT2D eigenvalue weighted by Gasteiger charge is 2.19. The molecule has 6 heteroatoms. The first-order valence-corrected chi connectivity index (χ1v) is 12.0. The molecule has 0 atom stereocenters. The smallest absolute Gasteiger partial charge is 0.253 e. The number of fused-ring (bicyclic) bond motifs is 1. The molecule has 5 rings (SSSR count). The Hall–Kier alpha value is -3.12. The third kappa shape index (κ3) is 4.41. The lowest BCUT2D eigenvalue weighted by Gasteiger charge is -2.15. The topological polar surface area (TPSA) is 51.0 Å². The number of carbonyl (C=O) groups is 1. The fourth-order valence-electron chi connectivity index (χ4n) is 4.08. The zero-order chi connectivity index (χ0) is 21.9. The van der Waals surface area contributed by atoms with E-state index in [0.717, 1.165) is 60.0 Å².